The molecule has 0 spiro atoms. The molecule has 5 nitrogen and oxygen atoms in total. The van der Waals surface area contributed by atoms with Crippen molar-refractivity contribution in [1.29, 1.82) is 0 Å². The van der Waals surface area contributed by atoms with Crippen molar-refractivity contribution in [3.05, 3.63) is 47.8 Å². The highest BCUT2D eigenvalue weighted by Crippen LogP contribution is 2.32. The second-order valence-electron chi connectivity index (χ2n) is 4.76. The first kappa shape index (κ1) is 17.9. The molecule has 0 aliphatic carbocycles. The number of anilines is 1. The molecule has 0 radical (unpaired) electrons. The van der Waals surface area contributed by atoms with E-state index in [-0.39, 0.29) is 22.1 Å². The third-order valence-electron chi connectivity index (χ3n) is 3.07. The van der Waals surface area contributed by atoms with E-state index in [9.17, 15) is 21.6 Å². The zero-order chi connectivity index (χ0) is 17.9. The van der Waals surface area contributed by atoms with Crippen molar-refractivity contribution < 1.29 is 31.1 Å². The molecule has 0 heterocycles. The van der Waals surface area contributed by atoms with E-state index in [0.717, 1.165) is 18.2 Å². The molecule has 2 rings (SSSR count). The highest BCUT2D eigenvalue weighted by molar-refractivity contribution is 7.92. The summed E-state index contributed by atoms with van der Waals surface area (Å²) in [5.41, 5.74) is 0.302. The Morgan fingerprint density at radius 1 is 1.08 bits per heavy atom. The fraction of sp³-hybridized carbons (Fsp3) is 0.200. The summed E-state index contributed by atoms with van der Waals surface area (Å²) in [4.78, 5) is -0.255. The van der Waals surface area contributed by atoms with Crippen LogP contribution in [0.1, 0.15) is 5.56 Å². The lowest BCUT2D eigenvalue weighted by molar-refractivity contribution is -0.0511. The minimum Gasteiger partial charge on any atom is -0.493 e. The molecule has 0 fully saturated rings. The number of methoxy groups -OCH3 is 1. The maximum Gasteiger partial charge on any atom is 0.387 e. The molecule has 9 heteroatoms. The van der Waals surface area contributed by atoms with Gasteiger partial charge in [0.2, 0.25) is 0 Å². The van der Waals surface area contributed by atoms with E-state index in [0.29, 0.717) is 5.56 Å². The van der Waals surface area contributed by atoms with Crippen molar-refractivity contribution in [3.8, 4) is 11.5 Å². The van der Waals surface area contributed by atoms with Crippen LogP contribution < -0.4 is 14.2 Å². The Morgan fingerprint density at radius 3 is 2.42 bits per heavy atom. The van der Waals surface area contributed by atoms with Gasteiger partial charge >= 0.3 is 6.61 Å². The molecule has 1 N–H and O–H groups in total. The lowest BCUT2D eigenvalue weighted by atomic mass is 10.2. The third-order valence-corrected chi connectivity index (χ3v) is 4.59. The van der Waals surface area contributed by atoms with Crippen molar-refractivity contribution in [1.82, 2.24) is 0 Å². The number of hydrogen-bond acceptors (Lipinski definition) is 4. The smallest absolute Gasteiger partial charge is 0.387 e. The van der Waals surface area contributed by atoms with Gasteiger partial charge in [0.05, 0.1) is 17.7 Å². The summed E-state index contributed by atoms with van der Waals surface area (Å²) in [6.45, 7) is -1.59. The van der Waals surface area contributed by atoms with Crippen molar-refractivity contribution in [3.63, 3.8) is 0 Å². The van der Waals surface area contributed by atoms with Gasteiger partial charge in [0.25, 0.3) is 10.0 Å². The molecule has 0 unspecified atom stereocenters. The molecule has 0 saturated heterocycles. The van der Waals surface area contributed by atoms with Crippen molar-refractivity contribution in [2.24, 2.45) is 0 Å². The molecule has 2 aromatic carbocycles. The van der Waals surface area contributed by atoms with Crippen LogP contribution in [0, 0.1) is 12.7 Å². The number of nitrogens with one attached hydrogen (secondary N) is 1. The van der Waals surface area contributed by atoms with Gasteiger partial charge in [-0.05, 0) is 36.8 Å². The summed E-state index contributed by atoms with van der Waals surface area (Å²) in [7, 11) is -2.85. The Kier molecular flexibility index (Phi) is 5.23. The van der Waals surface area contributed by atoms with Crippen LogP contribution in [0.5, 0.6) is 11.5 Å². The molecule has 2 aromatic rings. The molecule has 0 atom stereocenters. The van der Waals surface area contributed by atoms with Crippen LogP contribution in [0.2, 0.25) is 0 Å². The van der Waals surface area contributed by atoms with Gasteiger partial charge < -0.3 is 9.47 Å². The number of ether oxygens (including phenoxy) is 2. The molecular formula is C15H14F3NO4S. The van der Waals surface area contributed by atoms with E-state index in [1.165, 1.54) is 32.2 Å². The van der Waals surface area contributed by atoms with Gasteiger partial charge in [-0.3, -0.25) is 4.72 Å². The zero-order valence-corrected chi connectivity index (χ0v) is 13.5. The van der Waals surface area contributed by atoms with Crippen LogP contribution in [-0.2, 0) is 10.0 Å². The van der Waals surface area contributed by atoms with E-state index < -0.39 is 22.5 Å². The maximum atomic E-state index is 13.3. The number of halogens is 3. The SMILES string of the molecule is COc1ccc(NS(=O)(=O)c2cc(F)ccc2C)cc1OC(F)F. The van der Waals surface area contributed by atoms with Gasteiger partial charge in [0.15, 0.2) is 11.5 Å². The molecule has 0 aliphatic rings. The average molecular weight is 361 g/mol. The standard InChI is InChI=1S/C15H14F3NO4S/c1-9-3-4-10(16)7-14(9)24(20,21)19-11-5-6-12(22-2)13(8-11)23-15(17)18/h3-8,15,19H,1-2H3. The van der Waals surface area contributed by atoms with E-state index in [1.807, 2.05) is 0 Å². The van der Waals surface area contributed by atoms with Gasteiger partial charge in [-0.1, -0.05) is 6.07 Å². The van der Waals surface area contributed by atoms with Crippen LogP contribution >= 0.6 is 0 Å². The van der Waals surface area contributed by atoms with E-state index in [1.54, 1.807) is 0 Å². The normalized spacial score (nSPS) is 11.4. The first-order valence-electron chi connectivity index (χ1n) is 6.65. The monoisotopic (exact) mass is 361 g/mol. The third kappa shape index (κ3) is 4.10. The number of sulfonamides is 1. The fourth-order valence-corrected chi connectivity index (χ4v) is 3.31. The lowest BCUT2D eigenvalue weighted by Crippen LogP contribution is -2.15. The van der Waals surface area contributed by atoms with E-state index in [4.69, 9.17) is 4.74 Å². The summed E-state index contributed by atoms with van der Waals surface area (Å²) in [5, 5.41) is 0. The second kappa shape index (κ2) is 7.00. The number of alkyl halides is 2. The average Bonchev–Trinajstić information content (AvgIpc) is 2.49. The summed E-state index contributed by atoms with van der Waals surface area (Å²) in [5.74, 6) is -1.03. The van der Waals surface area contributed by atoms with Gasteiger partial charge in [0, 0.05) is 6.07 Å². The minimum atomic E-state index is -4.11. The van der Waals surface area contributed by atoms with Gasteiger partial charge in [0.1, 0.15) is 5.82 Å². The topological polar surface area (TPSA) is 64.6 Å². The minimum absolute atomic E-state index is 0.0141. The van der Waals surface area contributed by atoms with E-state index >= 15 is 0 Å². The molecule has 130 valence electrons. The van der Waals surface area contributed by atoms with E-state index in [2.05, 4.69) is 9.46 Å². The van der Waals surface area contributed by atoms with Crippen molar-refractivity contribution >= 4 is 15.7 Å². The number of aryl methyl sites for hydroxylation is 1. The Balaban J connectivity index is 2.37. The lowest BCUT2D eigenvalue weighted by Gasteiger charge is -2.14. The van der Waals surface area contributed by atoms with Crippen molar-refractivity contribution in [2.75, 3.05) is 11.8 Å². The largest absolute Gasteiger partial charge is 0.493 e. The highest BCUT2D eigenvalue weighted by atomic mass is 32.2. The molecule has 0 aromatic heterocycles. The summed E-state index contributed by atoms with van der Waals surface area (Å²) in [6.07, 6.45) is 0. The maximum absolute atomic E-state index is 13.3. The number of hydrogen-bond donors (Lipinski definition) is 1. The first-order chi connectivity index (χ1) is 11.2. The molecule has 0 bridgehead atoms. The highest BCUT2D eigenvalue weighted by Gasteiger charge is 2.19. The van der Waals surface area contributed by atoms with Gasteiger partial charge in [-0.25, -0.2) is 12.8 Å². The van der Waals surface area contributed by atoms with Crippen LogP contribution in [0.3, 0.4) is 0 Å². The number of rotatable bonds is 6. The van der Waals surface area contributed by atoms with Gasteiger partial charge in [-0.2, -0.15) is 8.78 Å². The first-order valence-corrected chi connectivity index (χ1v) is 8.13. The molecule has 24 heavy (non-hydrogen) atoms. The molecule has 0 amide bonds. The Morgan fingerprint density at radius 2 is 1.79 bits per heavy atom. The molecule has 0 aliphatic heterocycles. The summed E-state index contributed by atoms with van der Waals surface area (Å²) >= 11 is 0. The predicted octanol–water partition coefficient (Wildman–Crippen LogP) is 3.54. The number of benzene rings is 2. The zero-order valence-electron chi connectivity index (χ0n) is 12.7. The van der Waals surface area contributed by atoms with Crippen LogP contribution in [0.4, 0.5) is 18.9 Å². The summed E-state index contributed by atoms with van der Waals surface area (Å²) < 4.78 is 74.2. The van der Waals surface area contributed by atoms with Crippen LogP contribution in [0.25, 0.3) is 0 Å². The summed E-state index contributed by atoms with van der Waals surface area (Å²) in [6, 6.07) is 6.96. The Labute approximate surface area is 137 Å². The quantitative estimate of drug-likeness (QED) is 0.855. The predicted molar refractivity (Wildman–Crippen MR) is 81.6 cm³/mol. The molecular weight excluding hydrogens is 347 g/mol. The second-order valence-corrected chi connectivity index (χ2v) is 6.41. The van der Waals surface area contributed by atoms with Crippen molar-refractivity contribution in [2.45, 2.75) is 18.4 Å². The Bertz CT molecular complexity index is 841. The van der Waals surface area contributed by atoms with Crippen LogP contribution in [-0.4, -0.2) is 22.1 Å². The fourth-order valence-electron chi connectivity index (χ4n) is 2.00. The molecule has 0 saturated carbocycles. The Hall–Kier alpha value is -2.42. The van der Waals surface area contributed by atoms with Crippen LogP contribution in [0.15, 0.2) is 41.3 Å². The van der Waals surface area contributed by atoms with Gasteiger partial charge in [-0.15, -0.1) is 0 Å².